The molecule has 0 atom stereocenters. The van der Waals surface area contributed by atoms with Crippen molar-refractivity contribution in [2.75, 3.05) is 23.4 Å². The van der Waals surface area contributed by atoms with Crippen molar-refractivity contribution in [2.24, 2.45) is 0 Å². The number of ether oxygens (including phenoxy) is 1. The minimum atomic E-state index is -0.138. The van der Waals surface area contributed by atoms with E-state index in [2.05, 4.69) is 5.32 Å². The Morgan fingerprint density at radius 2 is 1.71 bits per heavy atom. The van der Waals surface area contributed by atoms with Gasteiger partial charge in [0, 0.05) is 31.3 Å². The summed E-state index contributed by atoms with van der Waals surface area (Å²) in [6.07, 6.45) is 0.224. The lowest BCUT2D eigenvalue weighted by Gasteiger charge is -2.20. The summed E-state index contributed by atoms with van der Waals surface area (Å²) in [5, 5.41) is 2.82. The zero-order valence-electron chi connectivity index (χ0n) is 14.0. The van der Waals surface area contributed by atoms with E-state index in [0.29, 0.717) is 18.8 Å². The van der Waals surface area contributed by atoms with Crippen LogP contribution < -0.4 is 15.0 Å². The molecule has 2 rings (SSSR count). The molecule has 2 aromatic rings. The van der Waals surface area contributed by atoms with Gasteiger partial charge < -0.3 is 15.0 Å². The lowest BCUT2D eigenvalue weighted by Crippen LogP contribution is -2.31. The lowest BCUT2D eigenvalue weighted by molar-refractivity contribution is -0.117. The van der Waals surface area contributed by atoms with E-state index in [0.717, 1.165) is 11.4 Å². The number of carbonyl (C=O) groups is 2. The molecular weight excluding hydrogens is 304 g/mol. The number of nitrogens with zero attached hydrogens (tertiary/aromatic N) is 1. The Hall–Kier alpha value is -2.82. The van der Waals surface area contributed by atoms with E-state index >= 15 is 0 Å². The molecule has 24 heavy (non-hydrogen) atoms. The molecule has 0 aromatic heterocycles. The molecule has 2 amide bonds. The fourth-order valence-corrected chi connectivity index (χ4v) is 2.31. The van der Waals surface area contributed by atoms with Gasteiger partial charge in [0.25, 0.3) is 0 Å². The third-order valence-electron chi connectivity index (χ3n) is 3.46. The van der Waals surface area contributed by atoms with Crippen LogP contribution in [0.25, 0.3) is 0 Å². The molecule has 0 saturated carbocycles. The van der Waals surface area contributed by atoms with E-state index in [1.165, 1.54) is 6.92 Å². The summed E-state index contributed by atoms with van der Waals surface area (Å²) in [6.45, 7) is 4.36. The highest BCUT2D eigenvalue weighted by Crippen LogP contribution is 2.17. The van der Waals surface area contributed by atoms with Crippen LogP contribution in [0.1, 0.15) is 20.3 Å². The predicted octanol–water partition coefficient (Wildman–Crippen LogP) is 3.47. The molecule has 0 aliphatic rings. The summed E-state index contributed by atoms with van der Waals surface area (Å²) < 4.78 is 5.36. The number of hydrogen-bond acceptors (Lipinski definition) is 3. The SMILES string of the molecule is CCOc1ccc(NC(=O)CCN(C(C)=O)c2ccccc2)cc1. The van der Waals surface area contributed by atoms with Gasteiger partial charge in [0.1, 0.15) is 5.75 Å². The number of amides is 2. The maximum Gasteiger partial charge on any atom is 0.226 e. The summed E-state index contributed by atoms with van der Waals surface area (Å²) in [5.74, 6) is 0.540. The van der Waals surface area contributed by atoms with Gasteiger partial charge in [-0.3, -0.25) is 9.59 Å². The molecule has 1 N–H and O–H groups in total. The largest absolute Gasteiger partial charge is 0.494 e. The van der Waals surface area contributed by atoms with Gasteiger partial charge in [-0.2, -0.15) is 0 Å². The maximum atomic E-state index is 12.1. The summed E-state index contributed by atoms with van der Waals surface area (Å²) in [6, 6.07) is 16.5. The molecule has 0 aliphatic heterocycles. The molecular formula is C19H22N2O3. The van der Waals surface area contributed by atoms with Crippen LogP contribution in [0.2, 0.25) is 0 Å². The third-order valence-corrected chi connectivity index (χ3v) is 3.46. The van der Waals surface area contributed by atoms with E-state index in [1.54, 1.807) is 17.0 Å². The van der Waals surface area contributed by atoms with Crippen LogP contribution in [0, 0.1) is 0 Å². The van der Waals surface area contributed by atoms with Gasteiger partial charge in [-0.25, -0.2) is 0 Å². The second kappa shape index (κ2) is 8.72. The van der Waals surface area contributed by atoms with Crippen LogP contribution in [-0.2, 0) is 9.59 Å². The highest BCUT2D eigenvalue weighted by molar-refractivity contribution is 5.94. The Balaban J connectivity index is 1.90. The number of rotatable bonds is 7. The van der Waals surface area contributed by atoms with Crippen LogP contribution in [0.3, 0.4) is 0 Å². The minimum Gasteiger partial charge on any atom is -0.494 e. The topological polar surface area (TPSA) is 58.6 Å². The minimum absolute atomic E-state index is 0.0879. The molecule has 2 aromatic carbocycles. The Morgan fingerprint density at radius 1 is 1.04 bits per heavy atom. The van der Waals surface area contributed by atoms with E-state index in [9.17, 15) is 9.59 Å². The molecule has 5 heteroatoms. The zero-order valence-corrected chi connectivity index (χ0v) is 14.0. The predicted molar refractivity (Wildman–Crippen MR) is 95.3 cm³/mol. The first-order chi connectivity index (χ1) is 11.6. The molecule has 126 valence electrons. The summed E-state index contributed by atoms with van der Waals surface area (Å²) in [7, 11) is 0. The van der Waals surface area contributed by atoms with Crippen LogP contribution in [0.4, 0.5) is 11.4 Å². The number of anilines is 2. The number of carbonyl (C=O) groups excluding carboxylic acids is 2. The first kappa shape index (κ1) is 17.5. The van der Waals surface area contributed by atoms with Crippen LogP contribution in [0.15, 0.2) is 54.6 Å². The van der Waals surface area contributed by atoms with Crippen molar-refractivity contribution in [3.8, 4) is 5.75 Å². The Bertz CT molecular complexity index is 669. The molecule has 0 bridgehead atoms. The Morgan fingerprint density at radius 3 is 2.29 bits per heavy atom. The highest BCUT2D eigenvalue weighted by atomic mass is 16.5. The second-order valence-corrected chi connectivity index (χ2v) is 5.26. The summed E-state index contributed by atoms with van der Waals surface area (Å²) >= 11 is 0. The average Bonchev–Trinajstić information content (AvgIpc) is 2.58. The van der Waals surface area contributed by atoms with Crippen LogP contribution >= 0.6 is 0 Å². The average molecular weight is 326 g/mol. The quantitative estimate of drug-likeness (QED) is 0.847. The van der Waals surface area contributed by atoms with Gasteiger partial charge >= 0.3 is 0 Å². The van der Waals surface area contributed by atoms with Crippen molar-refractivity contribution in [1.29, 1.82) is 0 Å². The number of para-hydroxylation sites is 1. The number of nitrogens with one attached hydrogen (secondary N) is 1. The van der Waals surface area contributed by atoms with Crippen molar-refractivity contribution < 1.29 is 14.3 Å². The van der Waals surface area contributed by atoms with Gasteiger partial charge in [0.05, 0.1) is 6.61 Å². The lowest BCUT2D eigenvalue weighted by atomic mass is 10.2. The smallest absolute Gasteiger partial charge is 0.226 e. The molecule has 0 radical (unpaired) electrons. The Kier molecular flexibility index (Phi) is 6.37. The third kappa shape index (κ3) is 5.12. The van der Waals surface area contributed by atoms with Crippen molar-refractivity contribution in [3.05, 3.63) is 54.6 Å². The van der Waals surface area contributed by atoms with Crippen LogP contribution in [-0.4, -0.2) is 25.0 Å². The number of benzene rings is 2. The van der Waals surface area contributed by atoms with Crippen molar-refractivity contribution in [2.45, 2.75) is 20.3 Å². The van der Waals surface area contributed by atoms with Gasteiger partial charge in [-0.05, 0) is 43.3 Å². The van der Waals surface area contributed by atoms with E-state index in [4.69, 9.17) is 4.74 Å². The monoisotopic (exact) mass is 326 g/mol. The second-order valence-electron chi connectivity index (χ2n) is 5.26. The molecule has 5 nitrogen and oxygen atoms in total. The first-order valence-electron chi connectivity index (χ1n) is 7.96. The van der Waals surface area contributed by atoms with Gasteiger partial charge in [-0.1, -0.05) is 18.2 Å². The molecule has 0 unspecified atom stereocenters. The fraction of sp³-hybridized carbons (Fsp3) is 0.263. The molecule has 0 heterocycles. The highest BCUT2D eigenvalue weighted by Gasteiger charge is 2.13. The standard InChI is InChI=1S/C19H22N2O3/c1-3-24-18-11-9-16(10-12-18)20-19(23)13-14-21(15(2)22)17-7-5-4-6-8-17/h4-12H,3,13-14H2,1-2H3,(H,20,23). The fourth-order valence-electron chi connectivity index (χ4n) is 2.31. The van der Waals surface area contributed by atoms with Gasteiger partial charge in [-0.15, -0.1) is 0 Å². The molecule has 0 saturated heterocycles. The maximum absolute atomic E-state index is 12.1. The van der Waals surface area contributed by atoms with E-state index in [-0.39, 0.29) is 18.2 Å². The number of hydrogen-bond donors (Lipinski definition) is 1. The molecule has 0 aliphatic carbocycles. The molecule has 0 fully saturated rings. The van der Waals surface area contributed by atoms with Crippen molar-refractivity contribution in [3.63, 3.8) is 0 Å². The first-order valence-corrected chi connectivity index (χ1v) is 7.96. The summed E-state index contributed by atoms with van der Waals surface area (Å²) in [4.78, 5) is 25.5. The normalized spacial score (nSPS) is 10.1. The summed E-state index contributed by atoms with van der Waals surface area (Å²) in [5.41, 5.74) is 1.50. The van der Waals surface area contributed by atoms with E-state index < -0.39 is 0 Å². The van der Waals surface area contributed by atoms with Crippen molar-refractivity contribution in [1.82, 2.24) is 0 Å². The van der Waals surface area contributed by atoms with E-state index in [1.807, 2.05) is 49.4 Å². The van der Waals surface area contributed by atoms with Gasteiger partial charge in [0.15, 0.2) is 0 Å². The molecule has 0 spiro atoms. The van der Waals surface area contributed by atoms with Crippen LogP contribution in [0.5, 0.6) is 5.75 Å². The van der Waals surface area contributed by atoms with Gasteiger partial charge in [0.2, 0.25) is 11.8 Å². The van der Waals surface area contributed by atoms with Crippen molar-refractivity contribution >= 4 is 23.2 Å². The Labute approximate surface area is 142 Å². The zero-order chi connectivity index (χ0) is 17.4.